The molecule has 21 heavy (non-hydrogen) atoms. The van der Waals surface area contributed by atoms with Crippen LogP contribution in [0, 0.1) is 0 Å². The van der Waals surface area contributed by atoms with Crippen LogP contribution in [-0.4, -0.2) is 36.9 Å². The fourth-order valence-corrected chi connectivity index (χ4v) is 2.63. The van der Waals surface area contributed by atoms with E-state index in [4.69, 9.17) is 0 Å². The molecule has 0 radical (unpaired) electrons. The second kappa shape index (κ2) is 7.04. The fraction of sp³-hybridized carbons (Fsp3) is 0.250. The fourth-order valence-electron chi connectivity index (χ4n) is 2.00. The molecule has 0 aliphatic rings. The van der Waals surface area contributed by atoms with Gasteiger partial charge in [-0.15, -0.1) is 11.3 Å². The molecule has 1 atom stereocenters. The van der Waals surface area contributed by atoms with E-state index in [-0.39, 0.29) is 11.8 Å². The Morgan fingerprint density at radius 1 is 1.14 bits per heavy atom. The lowest BCUT2D eigenvalue weighted by molar-refractivity contribution is -0.130. The molecule has 5 heteroatoms. The summed E-state index contributed by atoms with van der Waals surface area (Å²) in [5, 5.41) is 4.67. The predicted octanol–water partition coefficient (Wildman–Crippen LogP) is 2.18. The van der Waals surface area contributed by atoms with Crippen LogP contribution in [0.4, 0.5) is 0 Å². The molecule has 0 aliphatic heterocycles. The molecule has 1 heterocycles. The molecule has 110 valence electrons. The molecule has 1 aromatic carbocycles. The molecular weight excluding hydrogens is 284 g/mol. The molecule has 0 saturated heterocycles. The minimum Gasteiger partial charge on any atom is -0.347 e. The van der Waals surface area contributed by atoms with Gasteiger partial charge in [0.25, 0.3) is 5.91 Å². The molecule has 1 N–H and O–H groups in total. The predicted molar refractivity (Wildman–Crippen MR) is 84.4 cm³/mol. The summed E-state index contributed by atoms with van der Waals surface area (Å²) in [5.74, 6) is -0.315. The van der Waals surface area contributed by atoms with Crippen molar-refractivity contribution >= 4 is 23.2 Å². The molecule has 0 spiro atoms. The van der Waals surface area contributed by atoms with Crippen LogP contribution in [0.25, 0.3) is 0 Å². The van der Waals surface area contributed by atoms with Crippen molar-refractivity contribution in [3.05, 3.63) is 58.3 Å². The molecular formula is C16H18N2O2S. The van der Waals surface area contributed by atoms with E-state index in [0.29, 0.717) is 11.3 Å². The van der Waals surface area contributed by atoms with Crippen molar-refractivity contribution in [3.63, 3.8) is 0 Å². The summed E-state index contributed by atoms with van der Waals surface area (Å²) in [7, 11) is 3.38. The van der Waals surface area contributed by atoms with Crippen LogP contribution in [0.5, 0.6) is 0 Å². The van der Waals surface area contributed by atoms with Crippen LogP contribution in [0.1, 0.15) is 15.2 Å². The van der Waals surface area contributed by atoms with Crippen LogP contribution in [0.15, 0.2) is 47.8 Å². The number of hydrogen-bond donors (Lipinski definition) is 1. The van der Waals surface area contributed by atoms with Gasteiger partial charge in [-0.05, 0) is 17.0 Å². The first kappa shape index (κ1) is 15.3. The number of nitrogens with one attached hydrogen (secondary N) is 1. The Balaban J connectivity index is 2.12. The quantitative estimate of drug-likeness (QED) is 0.920. The third-order valence-electron chi connectivity index (χ3n) is 3.07. The van der Waals surface area contributed by atoms with Gasteiger partial charge in [0.2, 0.25) is 5.91 Å². The number of likely N-dealkylation sites (N-methyl/N-ethyl adjacent to an activating group) is 1. The van der Waals surface area contributed by atoms with Crippen molar-refractivity contribution in [2.24, 2.45) is 0 Å². The Bertz CT molecular complexity index is 594. The average Bonchev–Trinajstić information content (AvgIpc) is 3.01. The number of carbonyl (C=O) groups is 2. The van der Waals surface area contributed by atoms with Crippen molar-refractivity contribution in [2.45, 2.75) is 12.5 Å². The Kier molecular flexibility index (Phi) is 5.11. The van der Waals surface area contributed by atoms with Gasteiger partial charge < -0.3 is 10.2 Å². The van der Waals surface area contributed by atoms with Crippen LogP contribution >= 0.6 is 11.3 Å². The minimum absolute atomic E-state index is 0.108. The Labute approximate surface area is 128 Å². The van der Waals surface area contributed by atoms with Gasteiger partial charge in [-0.2, -0.15) is 0 Å². The zero-order valence-electron chi connectivity index (χ0n) is 12.1. The molecule has 0 aliphatic carbocycles. The van der Waals surface area contributed by atoms with Gasteiger partial charge in [-0.1, -0.05) is 36.4 Å². The topological polar surface area (TPSA) is 49.4 Å². The van der Waals surface area contributed by atoms with Gasteiger partial charge in [-0.25, -0.2) is 0 Å². The van der Waals surface area contributed by atoms with Gasteiger partial charge in [0.15, 0.2) is 0 Å². The highest BCUT2D eigenvalue weighted by atomic mass is 32.1. The second-order valence-corrected chi connectivity index (χ2v) is 5.87. The lowest BCUT2D eigenvalue weighted by Gasteiger charge is -2.21. The maximum atomic E-state index is 12.3. The summed E-state index contributed by atoms with van der Waals surface area (Å²) in [5.41, 5.74) is 1.02. The first-order chi connectivity index (χ1) is 10.1. The molecule has 1 unspecified atom stereocenters. The third kappa shape index (κ3) is 4.16. The van der Waals surface area contributed by atoms with Crippen molar-refractivity contribution in [1.82, 2.24) is 10.2 Å². The number of benzene rings is 1. The molecule has 0 fully saturated rings. The van der Waals surface area contributed by atoms with Crippen LogP contribution in [0.2, 0.25) is 0 Å². The molecule has 1 aromatic heterocycles. The highest BCUT2D eigenvalue weighted by Crippen LogP contribution is 2.10. The van der Waals surface area contributed by atoms with Crippen molar-refractivity contribution in [1.29, 1.82) is 0 Å². The summed E-state index contributed by atoms with van der Waals surface area (Å²) in [6.07, 6.45) is 0.481. The van der Waals surface area contributed by atoms with Gasteiger partial charge in [0, 0.05) is 20.5 Å². The molecule has 0 bridgehead atoms. The van der Waals surface area contributed by atoms with E-state index in [0.717, 1.165) is 5.56 Å². The first-order valence-corrected chi connectivity index (χ1v) is 7.55. The van der Waals surface area contributed by atoms with Crippen molar-refractivity contribution in [2.75, 3.05) is 14.1 Å². The Morgan fingerprint density at radius 3 is 2.43 bits per heavy atom. The summed E-state index contributed by atoms with van der Waals surface area (Å²) in [4.78, 5) is 26.5. The number of nitrogens with zero attached hydrogens (tertiary/aromatic N) is 1. The number of hydrogen-bond acceptors (Lipinski definition) is 3. The first-order valence-electron chi connectivity index (χ1n) is 6.67. The van der Waals surface area contributed by atoms with E-state index >= 15 is 0 Å². The highest BCUT2D eigenvalue weighted by molar-refractivity contribution is 7.12. The van der Waals surface area contributed by atoms with Crippen molar-refractivity contribution in [3.8, 4) is 0 Å². The smallest absolute Gasteiger partial charge is 0.262 e. The Hall–Kier alpha value is -2.14. The maximum Gasteiger partial charge on any atom is 0.262 e. The monoisotopic (exact) mass is 302 g/mol. The minimum atomic E-state index is -0.558. The molecule has 4 nitrogen and oxygen atoms in total. The van der Waals surface area contributed by atoms with Crippen LogP contribution < -0.4 is 5.32 Å². The van der Waals surface area contributed by atoms with E-state index in [1.54, 1.807) is 20.2 Å². The van der Waals surface area contributed by atoms with Gasteiger partial charge in [0.1, 0.15) is 6.04 Å². The van der Waals surface area contributed by atoms with Gasteiger partial charge in [-0.3, -0.25) is 9.59 Å². The van der Waals surface area contributed by atoms with E-state index in [9.17, 15) is 9.59 Å². The van der Waals surface area contributed by atoms with E-state index in [1.807, 2.05) is 41.8 Å². The number of thiophene rings is 1. The zero-order chi connectivity index (χ0) is 15.2. The molecule has 2 aromatic rings. The van der Waals surface area contributed by atoms with E-state index in [2.05, 4.69) is 5.32 Å². The average molecular weight is 302 g/mol. The normalized spacial score (nSPS) is 11.7. The lowest BCUT2D eigenvalue weighted by atomic mass is 10.0. The molecule has 0 saturated carbocycles. The van der Waals surface area contributed by atoms with Crippen LogP contribution in [0.3, 0.4) is 0 Å². The summed E-state index contributed by atoms with van der Waals surface area (Å²) < 4.78 is 0. The SMILES string of the molecule is CN(C)C(=O)C(Cc1ccccc1)NC(=O)c1cccs1. The van der Waals surface area contributed by atoms with E-state index in [1.165, 1.54) is 16.2 Å². The molecule has 2 rings (SSSR count). The number of amides is 2. The maximum absolute atomic E-state index is 12.3. The summed E-state index contributed by atoms with van der Waals surface area (Å²) >= 11 is 1.36. The molecule has 2 amide bonds. The zero-order valence-corrected chi connectivity index (χ0v) is 12.9. The van der Waals surface area contributed by atoms with Crippen molar-refractivity contribution < 1.29 is 9.59 Å². The Morgan fingerprint density at radius 2 is 1.86 bits per heavy atom. The summed E-state index contributed by atoms with van der Waals surface area (Å²) in [6.45, 7) is 0. The largest absolute Gasteiger partial charge is 0.347 e. The van der Waals surface area contributed by atoms with Gasteiger partial charge in [0.05, 0.1) is 4.88 Å². The van der Waals surface area contributed by atoms with Gasteiger partial charge >= 0.3 is 0 Å². The van der Waals surface area contributed by atoms with E-state index < -0.39 is 6.04 Å². The second-order valence-electron chi connectivity index (χ2n) is 4.93. The third-order valence-corrected chi connectivity index (χ3v) is 3.94. The number of rotatable bonds is 5. The summed E-state index contributed by atoms with van der Waals surface area (Å²) in [6, 6.07) is 12.7. The lowest BCUT2D eigenvalue weighted by Crippen LogP contribution is -2.47. The standard InChI is InChI=1S/C16H18N2O2S/c1-18(2)16(20)13(11-12-7-4-3-5-8-12)17-15(19)14-9-6-10-21-14/h3-10,13H,11H2,1-2H3,(H,17,19). The number of carbonyl (C=O) groups excluding carboxylic acids is 2. The van der Waals surface area contributed by atoms with Crippen LogP contribution in [-0.2, 0) is 11.2 Å². The highest BCUT2D eigenvalue weighted by Gasteiger charge is 2.23.